The minimum atomic E-state index is -1.14. The van der Waals surface area contributed by atoms with Crippen molar-refractivity contribution < 1.29 is 19.7 Å². The zero-order valence-electron chi connectivity index (χ0n) is 9.93. The van der Waals surface area contributed by atoms with E-state index in [1.807, 2.05) is 6.92 Å². The highest BCUT2D eigenvalue weighted by atomic mass is 16.5. The van der Waals surface area contributed by atoms with Crippen LogP contribution in [0.4, 0.5) is 0 Å². The smallest absolute Gasteiger partial charge is 0.335 e. The van der Waals surface area contributed by atoms with Crippen molar-refractivity contribution in [2.24, 2.45) is 0 Å². The Bertz CT molecular complexity index is 345. The fourth-order valence-corrected chi connectivity index (χ4v) is 1.35. The van der Waals surface area contributed by atoms with Gasteiger partial charge in [-0.05, 0) is 24.1 Å². The summed E-state index contributed by atoms with van der Waals surface area (Å²) in [6.45, 7) is 2.35. The third kappa shape index (κ3) is 4.87. The number of unbranched alkanes of at least 4 members (excludes halogenated alkanes) is 1. The Balaban J connectivity index is 2.40. The van der Waals surface area contributed by atoms with Gasteiger partial charge in [-0.2, -0.15) is 0 Å². The number of hydrogen-bond donors (Lipinski definition) is 2. The molecular formula is C13H18O4. The number of ether oxygens (including phenoxy) is 1. The van der Waals surface area contributed by atoms with Gasteiger partial charge in [0, 0.05) is 6.42 Å². The van der Waals surface area contributed by atoms with Gasteiger partial charge in [0.2, 0.25) is 0 Å². The zero-order valence-corrected chi connectivity index (χ0v) is 9.93. The number of aromatic hydroxyl groups is 1. The van der Waals surface area contributed by atoms with Gasteiger partial charge >= 0.3 is 5.97 Å². The van der Waals surface area contributed by atoms with Crippen molar-refractivity contribution in [2.45, 2.75) is 32.3 Å². The summed E-state index contributed by atoms with van der Waals surface area (Å²) in [6, 6.07) is 6.37. The van der Waals surface area contributed by atoms with Crippen molar-refractivity contribution >= 4 is 5.97 Å². The minimum Gasteiger partial charge on any atom is -0.508 e. The first-order valence-corrected chi connectivity index (χ1v) is 5.76. The molecule has 0 radical (unpaired) electrons. The summed E-state index contributed by atoms with van der Waals surface area (Å²) in [7, 11) is 0. The Hall–Kier alpha value is -1.55. The highest BCUT2D eigenvalue weighted by Crippen LogP contribution is 2.11. The van der Waals surface area contributed by atoms with E-state index >= 15 is 0 Å². The second-order valence-corrected chi connectivity index (χ2v) is 3.91. The number of carbonyl (C=O) groups excluding carboxylic acids is 1. The van der Waals surface area contributed by atoms with Crippen molar-refractivity contribution in [3.63, 3.8) is 0 Å². The van der Waals surface area contributed by atoms with E-state index in [9.17, 15) is 9.90 Å². The molecule has 0 spiro atoms. The number of carbonyl (C=O) groups is 1. The molecule has 0 fully saturated rings. The van der Waals surface area contributed by atoms with Crippen LogP contribution in [-0.2, 0) is 16.0 Å². The van der Waals surface area contributed by atoms with Gasteiger partial charge in [-0.25, -0.2) is 4.79 Å². The fourth-order valence-electron chi connectivity index (χ4n) is 1.35. The maximum atomic E-state index is 11.4. The second kappa shape index (κ2) is 6.91. The number of phenolic OH excluding ortho intramolecular Hbond substituents is 1. The number of esters is 1. The number of aliphatic hydroxyl groups is 1. The monoisotopic (exact) mass is 238 g/mol. The van der Waals surface area contributed by atoms with Gasteiger partial charge < -0.3 is 14.9 Å². The predicted octanol–water partition coefficient (Wildman–Crippen LogP) is 1.64. The predicted molar refractivity (Wildman–Crippen MR) is 63.7 cm³/mol. The van der Waals surface area contributed by atoms with Gasteiger partial charge in [0.25, 0.3) is 0 Å². The number of aliphatic hydroxyl groups excluding tert-OH is 1. The minimum absolute atomic E-state index is 0.161. The summed E-state index contributed by atoms with van der Waals surface area (Å²) >= 11 is 0. The molecular weight excluding hydrogens is 220 g/mol. The molecule has 94 valence electrons. The van der Waals surface area contributed by atoms with Crippen LogP contribution in [0, 0.1) is 0 Å². The molecule has 0 aliphatic heterocycles. The molecule has 0 bridgehead atoms. The van der Waals surface area contributed by atoms with Crippen LogP contribution in [0.5, 0.6) is 5.75 Å². The topological polar surface area (TPSA) is 66.8 Å². The number of rotatable bonds is 6. The van der Waals surface area contributed by atoms with Crippen LogP contribution >= 0.6 is 0 Å². The zero-order chi connectivity index (χ0) is 12.7. The van der Waals surface area contributed by atoms with E-state index < -0.39 is 12.1 Å². The molecule has 1 rings (SSSR count). The van der Waals surface area contributed by atoms with Gasteiger partial charge in [0.15, 0.2) is 6.10 Å². The van der Waals surface area contributed by atoms with Gasteiger partial charge in [-0.1, -0.05) is 25.5 Å². The third-order valence-electron chi connectivity index (χ3n) is 2.38. The Morgan fingerprint density at radius 1 is 1.35 bits per heavy atom. The van der Waals surface area contributed by atoms with Crippen molar-refractivity contribution in [1.29, 1.82) is 0 Å². The molecule has 4 nitrogen and oxygen atoms in total. The first kappa shape index (κ1) is 13.5. The summed E-state index contributed by atoms with van der Waals surface area (Å²) < 4.78 is 4.90. The van der Waals surface area contributed by atoms with Gasteiger partial charge in [0.1, 0.15) is 5.75 Å². The van der Waals surface area contributed by atoms with Gasteiger partial charge in [0.05, 0.1) is 6.61 Å². The molecule has 1 aromatic rings. The molecule has 1 atom stereocenters. The summed E-state index contributed by atoms with van der Waals surface area (Å²) in [6.07, 6.45) is 0.806. The second-order valence-electron chi connectivity index (χ2n) is 3.91. The molecule has 17 heavy (non-hydrogen) atoms. The van der Waals surface area contributed by atoms with Crippen LogP contribution in [0.25, 0.3) is 0 Å². The maximum absolute atomic E-state index is 11.4. The van der Waals surface area contributed by atoms with E-state index in [2.05, 4.69) is 0 Å². The van der Waals surface area contributed by atoms with Crippen LogP contribution in [0.3, 0.4) is 0 Å². The van der Waals surface area contributed by atoms with Crippen molar-refractivity contribution in [3.05, 3.63) is 29.8 Å². The third-order valence-corrected chi connectivity index (χ3v) is 2.38. The normalized spacial score (nSPS) is 12.1. The van der Waals surface area contributed by atoms with E-state index in [0.717, 1.165) is 18.4 Å². The largest absolute Gasteiger partial charge is 0.508 e. The van der Waals surface area contributed by atoms with Crippen LogP contribution < -0.4 is 0 Å². The molecule has 0 aromatic heterocycles. The van der Waals surface area contributed by atoms with Gasteiger partial charge in [-0.15, -0.1) is 0 Å². The molecule has 0 unspecified atom stereocenters. The summed E-state index contributed by atoms with van der Waals surface area (Å²) in [5.74, 6) is -0.430. The van der Waals surface area contributed by atoms with Crippen molar-refractivity contribution in [3.8, 4) is 5.75 Å². The Kier molecular flexibility index (Phi) is 5.49. The summed E-state index contributed by atoms with van der Waals surface area (Å²) in [5.41, 5.74) is 0.780. The molecule has 0 aliphatic rings. The summed E-state index contributed by atoms with van der Waals surface area (Å²) in [4.78, 5) is 11.4. The Morgan fingerprint density at radius 3 is 2.59 bits per heavy atom. The molecule has 0 heterocycles. The molecule has 2 N–H and O–H groups in total. The van der Waals surface area contributed by atoms with Crippen LogP contribution in [-0.4, -0.2) is 28.9 Å². The molecule has 0 amide bonds. The average Bonchev–Trinajstić information content (AvgIpc) is 2.32. The number of benzene rings is 1. The number of hydrogen-bond acceptors (Lipinski definition) is 4. The molecule has 0 aliphatic carbocycles. The average molecular weight is 238 g/mol. The Morgan fingerprint density at radius 2 is 2.00 bits per heavy atom. The van der Waals surface area contributed by atoms with Crippen LogP contribution in [0.2, 0.25) is 0 Å². The van der Waals surface area contributed by atoms with E-state index in [1.54, 1.807) is 12.1 Å². The Labute approximate surface area is 101 Å². The van der Waals surface area contributed by atoms with Crippen LogP contribution in [0.1, 0.15) is 25.3 Å². The molecule has 1 aromatic carbocycles. The van der Waals surface area contributed by atoms with E-state index in [1.165, 1.54) is 12.1 Å². The lowest BCUT2D eigenvalue weighted by Gasteiger charge is -2.10. The summed E-state index contributed by atoms with van der Waals surface area (Å²) in [5, 5.41) is 18.7. The molecule has 0 saturated carbocycles. The number of phenols is 1. The maximum Gasteiger partial charge on any atom is 0.335 e. The van der Waals surface area contributed by atoms with Crippen molar-refractivity contribution in [1.82, 2.24) is 0 Å². The van der Waals surface area contributed by atoms with E-state index in [-0.39, 0.29) is 12.2 Å². The standard InChI is InChI=1S/C13H18O4/c1-2-3-8-17-13(16)12(15)9-10-4-6-11(14)7-5-10/h4-7,12,14-15H,2-3,8-9H2,1H3/t12-/m0/s1. The van der Waals surface area contributed by atoms with E-state index in [0.29, 0.717) is 6.61 Å². The lowest BCUT2D eigenvalue weighted by atomic mass is 10.1. The highest BCUT2D eigenvalue weighted by molar-refractivity contribution is 5.74. The first-order valence-electron chi connectivity index (χ1n) is 5.76. The van der Waals surface area contributed by atoms with E-state index in [4.69, 9.17) is 9.84 Å². The lowest BCUT2D eigenvalue weighted by molar-refractivity contribution is -0.153. The van der Waals surface area contributed by atoms with Crippen LogP contribution in [0.15, 0.2) is 24.3 Å². The quantitative estimate of drug-likeness (QED) is 0.584. The SMILES string of the molecule is CCCCOC(=O)[C@@H](O)Cc1ccc(O)cc1. The van der Waals surface area contributed by atoms with Crippen molar-refractivity contribution in [2.75, 3.05) is 6.61 Å². The first-order chi connectivity index (χ1) is 8.13. The molecule has 0 saturated heterocycles. The van der Waals surface area contributed by atoms with Gasteiger partial charge in [-0.3, -0.25) is 0 Å². The molecule has 4 heteroatoms. The highest BCUT2D eigenvalue weighted by Gasteiger charge is 2.16. The fraction of sp³-hybridized carbons (Fsp3) is 0.462. The lowest BCUT2D eigenvalue weighted by Crippen LogP contribution is -2.25.